The predicted molar refractivity (Wildman–Crippen MR) is 62.0 cm³/mol. The van der Waals surface area contributed by atoms with Crippen molar-refractivity contribution in [2.24, 2.45) is 5.10 Å². The minimum absolute atomic E-state index is 0.0797. The molecule has 0 saturated heterocycles. The van der Waals surface area contributed by atoms with E-state index in [4.69, 9.17) is 10.5 Å². The van der Waals surface area contributed by atoms with Gasteiger partial charge in [0.05, 0.1) is 21.6 Å². The molecule has 1 N–H and O–H groups in total. The molecule has 0 atom stereocenters. The number of hydrogen-bond donors (Lipinski definition) is 1. The van der Waals surface area contributed by atoms with Crippen LogP contribution in [0, 0.1) is 42.9 Å². The van der Waals surface area contributed by atoms with Crippen LogP contribution in [0.5, 0.6) is 0 Å². The molecule has 0 saturated carbocycles. The molecule has 0 heterocycles. The minimum atomic E-state index is -0.808. The summed E-state index contributed by atoms with van der Waals surface area (Å²) in [5, 5.41) is 41.4. The standard InChI is InChI=1S/C9H4N6O4/c10-4-7(5-11)13-12-6-1-8(14(16)17)3-9(2-6)15(18)19/h1-3,12H. The fraction of sp³-hybridized carbons (Fsp3) is 0. The van der Waals surface area contributed by atoms with Gasteiger partial charge in [-0.05, 0) is 0 Å². The van der Waals surface area contributed by atoms with E-state index in [0.717, 1.165) is 18.2 Å². The van der Waals surface area contributed by atoms with Crippen molar-refractivity contribution in [3.05, 3.63) is 38.4 Å². The van der Waals surface area contributed by atoms with Crippen LogP contribution in [0.2, 0.25) is 0 Å². The predicted octanol–water partition coefficient (Wildman–Crippen LogP) is 1.32. The number of hydrazone groups is 1. The molecule has 0 fully saturated rings. The van der Waals surface area contributed by atoms with E-state index >= 15 is 0 Å². The largest absolute Gasteiger partial charge is 0.278 e. The Hall–Kier alpha value is -3.53. The van der Waals surface area contributed by atoms with E-state index < -0.39 is 26.9 Å². The molecule has 0 aliphatic rings. The van der Waals surface area contributed by atoms with Crippen molar-refractivity contribution in [3.63, 3.8) is 0 Å². The highest BCUT2D eigenvalue weighted by Crippen LogP contribution is 2.25. The molecule has 1 aromatic carbocycles. The van der Waals surface area contributed by atoms with Gasteiger partial charge in [0, 0.05) is 12.1 Å². The molecule has 94 valence electrons. The van der Waals surface area contributed by atoms with Gasteiger partial charge in [-0.25, -0.2) is 0 Å². The molecule has 19 heavy (non-hydrogen) atoms. The second-order valence-corrected chi connectivity index (χ2v) is 3.05. The molecule has 0 aromatic heterocycles. The number of benzene rings is 1. The molecule has 0 aliphatic heterocycles. The zero-order chi connectivity index (χ0) is 14.4. The topological polar surface area (TPSA) is 158 Å². The zero-order valence-corrected chi connectivity index (χ0v) is 9.10. The molecular weight excluding hydrogens is 256 g/mol. The van der Waals surface area contributed by atoms with Gasteiger partial charge in [0.2, 0.25) is 5.71 Å². The van der Waals surface area contributed by atoms with E-state index in [1.807, 2.05) is 0 Å². The first-order chi connectivity index (χ1) is 8.97. The molecular formula is C9H4N6O4. The molecule has 10 heteroatoms. The third kappa shape index (κ3) is 3.47. The van der Waals surface area contributed by atoms with Crippen LogP contribution in [0.15, 0.2) is 23.3 Å². The summed E-state index contributed by atoms with van der Waals surface area (Å²) in [6.07, 6.45) is 0. The maximum atomic E-state index is 10.6. The quantitative estimate of drug-likeness (QED) is 0.485. The maximum absolute atomic E-state index is 10.6. The van der Waals surface area contributed by atoms with E-state index in [1.54, 1.807) is 0 Å². The number of nitro groups is 2. The smallest absolute Gasteiger partial charge is 0.276 e. The van der Waals surface area contributed by atoms with Gasteiger partial charge < -0.3 is 0 Å². The summed E-state index contributed by atoms with van der Waals surface area (Å²) in [6, 6.07) is 5.67. The van der Waals surface area contributed by atoms with Crippen LogP contribution in [-0.4, -0.2) is 15.6 Å². The molecule has 0 amide bonds. The summed E-state index contributed by atoms with van der Waals surface area (Å²) in [4.78, 5) is 19.6. The molecule has 1 aromatic rings. The van der Waals surface area contributed by atoms with Gasteiger partial charge in [0.15, 0.2) is 0 Å². The second kappa shape index (κ2) is 5.70. The van der Waals surface area contributed by atoms with E-state index in [9.17, 15) is 20.2 Å². The Morgan fingerprint density at radius 2 is 1.58 bits per heavy atom. The summed E-state index contributed by atoms with van der Waals surface area (Å²) < 4.78 is 0. The van der Waals surface area contributed by atoms with Gasteiger partial charge in [-0.15, -0.1) is 0 Å². The number of nitriles is 2. The summed E-state index contributed by atoms with van der Waals surface area (Å²) >= 11 is 0. The average Bonchev–Trinajstić information content (AvgIpc) is 2.39. The minimum Gasteiger partial charge on any atom is -0.276 e. The monoisotopic (exact) mass is 260 g/mol. The lowest BCUT2D eigenvalue weighted by atomic mass is 10.2. The maximum Gasteiger partial charge on any atom is 0.278 e. The van der Waals surface area contributed by atoms with Crippen LogP contribution in [0.1, 0.15) is 0 Å². The Kier molecular flexibility index (Phi) is 4.06. The number of anilines is 1. The Morgan fingerprint density at radius 3 is 1.95 bits per heavy atom. The van der Waals surface area contributed by atoms with Crippen molar-refractivity contribution in [1.29, 1.82) is 10.5 Å². The van der Waals surface area contributed by atoms with Crippen LogP contribution in [0.4, 0.5) is 17.1 Å². The highest BCUT2D eigenvalue weighted by molar-refractivity contribution is 6.10. The van der Waals surface area contributed by atoms with Gasteiger partial charge >= 0.3 is 0 Å². The Labute approximate surface area is 105 Å². The first-order valence-corrected chi connectivity index (χ1v) is 4.55. The van der Waals surface area contributed by atoms with Gasteiger partial charge in [0.25, 0.3) is 11.4 Å². The summed E-state index contributed by atoms with van der Waals surface area (Å²) in [7, 11) is 0. The molecule has 0 unspecified atom stereocenters. The Morgan fingerprint density at radius 1 is 1.11 bits per heavy atom. The van der Waals surface area contributed by atoms with E-state index in [-0.39, 0.29) is 5.69 Å². The van der Waals surface area contributed by atoms with E-state index in [1.165, 1.54) is 12.1 Å². The average molecular weight is 260 g/mol. The normalized spacial score (nSPS) is 8.74. The second-order valence-electron chi connectivity index (χ2n) is 3.05. The number of rotatable bonds is 4. The lowest BCUT2D eigenvalue weighted by Gasteiger charge is -2.00. The van der Waals surface area contributed by atoms with Crippen molar-refractivity contribution in [2.75, 3.05) is 5.43 Å². The van der Waals surface area contributed by atoms with Crippen LogP contribution < -0.4 is 5.43 Å². The van der Waals surface area contributed by atoms with Crippen molar-refractivity contribution in [2.45, 2.75) is 0 Å². The number of hydrogen-bond acceptors (Lipinski definition) is 8. The SMILES string of the molecule is N#CC(C#N)=NNc1cc([N+](=O)[O-])cc([N+](=O)[O-])c1. The van der Waals surface area contributed by atoms with Crippen molar-refractivity contribution < 1.29 is 9.85 Å². The number of nitrogens with zero attached hydrogens (tertiary/aromatic N) is 5. The molecule has 1 rings (SSSR count). The summed E-state index contributed by atoms with van der Waals surface area (Å²) in [5.74, 6) is 0. The fourth-order valence-electron chi connectivity index (χ4n) is 1.07. The molecule has 0 radical (unpaired) electrons. The van der Waals surface area contributed by atoms with Gasteiger partial charge in [-0.2, -0.15) is 15.6 Å². The lowest BCUT2D eigenvalue weighted by Crippen LogP contribution is -1.99. The van der Waals surface area contributed by atoms with Crippen LogP contribution in [0.3, 0.4) is 0 Å². The number of non-ortho nitro benzene ring substituents is 2. The van der Waals surface area contributed by atoms with Crippen molar-refractivity contribution in [1.82, 2.24) is 0 Å². The summed E-state index contributed by atoms with van der Waals surface area (Å²) in [6.45, 7) is 0. The molecule has 10 nitrogen and oxygen atoms in total. The fourth-order valence-corrected chi connectivity index (χ4v) is 1.07. The Bertz CT molecular complexity index is 605. The molecule has 0 bridgehead atoms. The van der Waals surface area contributed by atoms with Crippen LogP contribution in [-0.2, 0) is 0 Å². The van der Waals surface area contributed by atoms with E-state index in [2.05, 4.69) is 10.5 Å². The molecule has 0 aliphatic carbocycles. The van der Waals surface area contributed by atoms with Crippen LogP contribution >= 0.6 is 0 Å². The van der Waals surface area contributed by atoms with Crippen LogP contribution in [0.25, 0.3) is 0 Å². The highest BCUT2D eigenvalue weighted by Gasteiger charge is 2.16. The number of nitrogens with one attached hydrogen (secondary N) is 1. The first kappa shape index (κ1) is 13.5. The Balaban J connectivity index is 3.19. The number of nitro benzene ring substituents is 2. The van der Waals surface area contributed by atoms with Crippen molar-refractivity contribution in [3.8, 4) is 12.1 Å². The van der Waals surface area contributed by atoms with Gasteiger partial charge in [-0.3, -0.25) is 25.7 Å². The zero-order valence-electron chi connectivity index (χ0n) is 9.10. The summed E-state index contributed by atoms with van der Waals surface area (Å²) in [5.41, 5.74) is 0.549. The first-order valence-electron chi connectivity index (χ1n) is 4.55. The highest BCUT2D eigenvalue weighted by atomic mass is 16.6. The van der Waals surface area contributed by atoms with Gasteiger partial charge in [0.1, 0.15) is 12.1 Å². The van der Waals surface area contributed by atoms with E-state index in [0.29, 0.717) is 0 Å². The van der Waals surface area contributed by atoms with Crippen molar-refractivity contribution >= 4 is 22.8 Å². The third-order valence-electron chi connectivity index (χ3n) is 1.83. The van der Waals surface area contributed by atoms with Gasteiger partial charge in [-0.1, -0.05) is 0 Å². The lowest BCUT2D eigenvalue weighted by molar-refractivity contribution is -0.394. The molecule has 0 spiro atoms. The third-order valence-corrected chi connectivity index (χ3v) is 1.83.